The SMILES string of the molecule is N#Cc1ncc(F)cc1-c1cn(Cc2cn3cc(CN4CCC5(CCC5)C4)ccc3n2)nn1. The van der Waals surface area contributed by atoms with Crippen LogP contribution < -0.4 is 0 Å². The lowest BCUT2D eigenvalue weighted by Gasteiger charge is -2.38. The van der Waals surface area contributed by atoms with Gasteiger partial charge in [-0.05, 0) is 48.9 Å². The van der Waals surface area contributed by atoms with Crippen molar-refractivity contribution in [2.45, 2.75) is 38.8 Å². The highest BCUT2D eigenvalue weighted by Gasteiger charge is 2.42. The van der Waals surface area contributed by atoms with E-state index in [1.807, 2.05) is 12.3 Å². The van der Waals surface area contributed by atoms with Crippen molar-refractivity contribution in [3.8, 4) is 17.3 Å². The molecule has 2 aliphatic rings. The molecule has 4 aromatic rings. The van der Waals surface area contributed by atoms with Crippen molar-refractivity contribution in [3.63, 3.8) is 0 Å². The molecule has 9 heteroatoms. The summed E-state index contributed by atoms with van der Waals surface area (Å²) in [6.45, 7) is 3.81. The Kier molecular flexibility index (Phi) is 4.69. The van der Waals surface area contributed by atoms with Crippen molar-refractivity contribution in [3.05, 3.63) is 65.8 Å². The monoisotopic (exact) mass is 442 g/mol. The fourth-order valence-corrected chi connectivity index (χ4v) is 5.15. The Bertz CT molecular complexity index is 1380. The number of fused-ring (bicyclic) bond motifs is 1. The normalized spacial score (nSPS) is 17.5. The number of hydrogen-bond donors (Lipinski definition) is 0. The van der Waals surface area contributed by atoms with Gasteiger partial charge in [-0.15, -0.1) is 5.10 Å². The molecule has 6 rings (SSSR count). The molecular weight excluding hydrogens is 419 g/mol. The second kappa shape index (κ2) is 7.74. The zero-order valence-electron chi connectivity index (χ0n) is 18.2. The van der Waals surface area contributed by atoms with Crippen LogP contribution >= 0.6 is 0 Å². The lowest BCUT2D eigenvalue weighted by molar-refractivity contribution is 0.137. The average molecular weight is 443 g/mol. The lowest BCUT2D eigenvalue weighted by atomic mass is 9.68. The zero-order chi connectivity index (χ0) is 22.4. The van der Waals surface area contributed by atoms with Crippen LogP contribution in [-0.2, 0) is 13.1 Å². The van der Waals surface area contributed by atoms with Crippen molar-refractivity contribution in [1.29, 1.82) is 5.26 Å². The molecule has 1 aliphatic heterocycles. The van der Waals surface area contributed by atoms with Gasteiger partial charge in [0.2, 0.25) is 0 Å². The molecular formula is C24H23FN8. The van der Waals surface area contributed by atoms with E-state index in [0.717, 1.165) is 24.1 Å². The summed E-state index contributed by atoms with van der Waals surface area (Å²) < 4.78 is 17.3. The van der Waals surface area contributed by atoms with E-state index >= 15 is 0 Å². The van der Waals surface area contributed by atoms with Gasteiger partial charge in [-0.2, -0.15) is 5.26 Å². The predicted octanol–water partition coefficient (Wildman–Crippen LogP) is 3.42. The number of nitriles is 1. The lowest BCUT2D eigenvalue weighted by Crippen LogP contribution is -2.32. The van der Waals surface area contributed by atoms with E-state index < -0.39 is 5.82 Å². The summed E-state index contributed by atoms with van der Waals surface area (Å²) in [6.07, 6.45) is 12.4. The minimum Gasteiger partial charge on any atom is -0.306 e. The highest BCUT2D eigenvalue weighted by Crippen LogP contribution is 2.48. The van der Waals surface area contributed by atoms with Crippen LogP contribution in [-0.4, -0.2) is 47.4 Å². The molecule has 0 atom stereocenters. The molecule has 1 spiro atoms. The number of likely N-dealkylation sites (tertiary alicyclic amines) is 1. The van der Waals surface area contributed by atoms with Gasteiger partial charge in [0.15, 0.2) is 0 Å². The largest absolute Gasteiger partial charge is 0.306 e. The maximum atomic E-state index is 13.6. The van der Waals surface area contributed by atoms with Crippen molar-refractivity contribution < 1.29 is 4.39 Å². The van der Waals surface area contributed by atoms with Gasteiger partial charge < -0.3 is 4.40 Å². The first-order valence-corrected chi connectivity index (χ1v) is 11.2. The molecule has 166 valence electrons. The van der Waals surface area contributed by atoms with Crippen LogP contribution in [0.2, 0.25) is 0 Å². The van der Waals surface area contributed by atoms with E-state index in [1.165, 1.54) is 50.4 Å². The molecule has 1 aliphatic carbocycles. The Morgan fingerprint density at radius 2 is 2.03 bits per heavy atom. The second-order valence-corrected chi connectivity index (χ2v) is 9.31. The topological polar surface area (TPSA) is 87.9 Å². The molecule has 0 amide bonds. The van der Waals surface area contributed by atoms with Gasteiger partial charge in [-0.3, -0.25) is 4.90 Å². The molecule has 2 fully saturated rings. The standard InChI is InChI=1S/C24H23FN8/c25-18-8-20(21(9-26)27-10-18)22-15-33(30-29-22)14-19-13-32-12-17(2-3-23(32)28-19)11-31-7-6-24(16-31)4-1-5-24/h2-3,8,10,12-13,15H,1,4-7,11,14,16H2. The number of imidazole rings is 1. The zero-order valence-corrected chi connectivity index (χ0v) is 18.2. The maximum Gasteiger partial charge on any atom is 0.150 e. The summed E-state index contributed by atoms with van der Waals surface area (Å²) in [5.74, 6) is -0.522. The van der Waals surface area contributed by atoms with Crippen molar-refractivity contribution in [1.82, 2.24) is 34.3 Å². The summed E-state index contributed by atoms with van der Waals surface area (Å²) in [5, 5.41) is 17.5. The molecule has 0 radical (unpaired) electrons. The van der Waals surface area contributed by atoms with Crippen LogP contribution in [0.5, 0.6) is 0 Å². The van der Waals surface area contributed by atoms with Gasteiger partial charge in [0.1, 0.15) is 28.9 Å². The minimum atomic E-state index is -0.522. The molecule has 33 heavy (non-hydrogen) atoms. The summed E-state index contributed by atoms with van der Waals surface area (Å²) in [5.41, 5.74) is 4.47. The number of halogens is 1. The van der Waals surface area contributed by atoms with Crippen LogP contribution in [0.3, 0.4) is 0 Å². The Morgan fingerprint density at radius 1 is 1.12 bits per heavy atom. The van der Waals surface area contributed by atoms with E-state index in [9.17, 15) is 9.65 Å². The Labute approximate surface area is 190 Å². The number of pyridine rings is 2. The van der Waals surface area contributed by atoms with E-state index in [-0.39, 0.29) is 5.69 Å². The van der Waals surface area contributed by atoms with Crippen molar-refractivity contribution in [2.75, 3.05) is 13.1 Å². The van der Waals surface area contributed by atoms with E-state index in [2.05, 4.69) is 42.9 Å². The quantitative estimate of drug-likeness (QED) is 0.471. The second-order valence-electron chi connectivity index (χ2n) is 9.31. The first-order chi connectivity index (χ1) is 16.1. The smallest absolute Gasteiger partial charge is 0.150 e. The highest BCUT2D eigenvalue weighted by molar-refractivity contribution is 5.64. The number of hydrogen-bond acceptors (Lipinski definition) is 6. The average Bonchev–Trinajstić information content (AvgIpc) is 3.51. The third kappa shape index (κ3) is 3.76. The first-order valence-electron chi connectivity index (χ1n) is 11.2. The Balaban J connectivity index is 1.18. The summed E-state index contributed by atoms with van der Waals surface area (Å²) in [7, 11) is 0. The number of rotatable bonds is 5. The van der Waals surface area contributed by atoms with Gasteiger partial charge in [0.05, 0.1) is 24.6 Å². The third-order valence-electron chi connectivity index (χ3n) is 7.00. The van der Waals surface area contributed by atoms with Crippen molar-refractivity contribution >= 4 is 5.65 Å². The van der Waals surface area contributed by atoms with Crippen LogP contribution in [0.25, 0.3) is 16.9 Å². The van der Waals surface area contributed by atoms with Gasteiger partial charge in [-0.25, -0.2) is 19.0 Å². The highest BCUT2D eigenvalue weighted by atomic mass is 19.1. The minimum absolute atomic E-state index is 0.116. The Hall–Kier alpha value is -3.64. The van der Waals surface area contributed by atoms with Gasteiger partial charge in [0.25, 0.3) is 0 Å². The van der Waals surface area contributed by atoms with E-state index in [1.54, 1.807) is 10.9 Å². The van der Waals surface area contributed by atoms with E-state index in [4.69, 9.17) is 4.98 Å². The van der Waals surface area contributed by atoms with Crippen LogP contribution in [0.4, 0.5) is 4.39 Å². The molecule has 5 heterocycles. The number of aromatic nitrogens is 6. The fraction of sp³-hybridized carbons (Fsp3) is 0.375. The summed E-state index contributed by atoms with van der Waals surface area (Å²) in [4.78, 5) is 11.1. The molecule has 1 saturated heterocycles. The first kappa shape index (κ1) is 20.0. The Morgan fingerprint density at radius 3 is 2.82 bits per heavy atom. The third-order valence-corrected chi connectivity index (χ3v) is 7.00. The van der Waals surface area contributed by atoms with Crippen LogP contribution in [0, 0.1) is 22.6 Å². The maximum absolute atomic E-state index is 13.6. The summed E-state index contributed by atoms with van der Waals surface area (Å²) >= 11 is 0. The summed E-state index contributed by atoms with van der Waals surface area (Å²) in [6, 6.07) is 7.43. The molecule has 4 aromatic heterocycles. The van der Waals surface area contributed by atoms with Crippen LogP contribution in [0.15, 0.2) is 43.0 Å². The molecule has 1 saturated carbocycles. The van der Waals surface area contributed by atoms with Gasteiger partial charge >= 0.3 is 0 Å². The molecule has 8 nitrogen and oxygen atoms in total. The number of nitrogens with zero attached hydrogens (tertiary/aromatic N) is 8. The van der Waals surface area contributed by atoms with Crippen molar-refractivity contribution in [2.24, 2.45) is 5.41 Å². The van der Waals surface area contributed by atoms with Gasteiger partial charge in [-0.1, -0.05) is 17.7 Å². The fourth-order valence-electron chi connectivity index (χ4n) is 5.15. The molecule has 0 N–H and O–H groups in total. The molecule has 0 aromatic carbocycles. The van der Waals surface area contributed by atoms with Crippen LogP contribution in [0.1, 0.15) is 42.6 Å². The van der Waals surface area contributed by atoms with E-state index in [0.29, 0.717) is 23.2 Å². The molecule has 0 bridgehead atoms. The molecule has 0 unspecified atom stereocenters. The van der Waals surface area contributed by atoms with Gasteiger partial charge in [0, 0.05) is 31.0 Å². The predicted molar refractivity (Wildman–Crippen MR) is 118 cm³/mol.